The lowest BCUT2D eigenvalue weighted by atomic mass is 9.92. The molecule has 0 spiro atoms. The van der Waals surface area contributed by atoms with Crippen LogP contribution in [0.1, 0.15) is 39.5 Å². The fourth-order valence-electron chi connectivity index (χ4n) is 8.04. The Kier molecular flexibility index (Phi) is 34.0. The van der Waals surface area contributed by atoms with E-state index < -0.39 is 146 Å². The molecular formula is C49H82N12O21. The standard InChI is InChI=1S/C49H82N12O21/c1-5-15-75-17-19-77-21-22-78-20-18-76-16-14-60(4)49(74)61(12-8-6-10-54-37(68)27-79-41(33(66)25-62)43-39(56-29(2)64)31(58-47(50)51)23-35(81-43)45(70)71)13-9-7-11-55-38(69)28-80-42(34(67)26-63)44-40(57-30(3)65)32(59-48(52)53)24-36(82-44)46(72)73/h1,23-24,31-34,39-44,62-63,66-67H,6-22,25-28H2,2-4H3,(H,54,68)(H,55,69)(H,56,64)(H,57,65)(H,70,71)(H,72,73)(H4,50,51,58)(H4,52,53,59)/t31-,32-,33+,34+,39+,40+,41+,42+,43+,44+/m0/s1. The first-order valence-electron chi connectivity index (χ1n) is 26.1. The molecule has 0 bridgehead atoms. The van der Waals surface area contributed by atoms with Crippen molar-refractivity contribution in [2.24, 2.45) is 32.9 Å². The maximum Gasteiger partial charge on any atom is 0.370 e. The molecule has 2 rings (SSSR count). The molecule has 2 heterocycles. The van der Waals surface area contributed by atoms with E-state index in [1.165, 1.54) is 4.90 Å². The molecule has 18 N–H and O–H groups in total. The predicted octanol–water partition coefficient (Wildman–Crippen LogP) is -6.66. The van der Waals surface area contributed by atoms with Crippen molar-refractivity contribution < 1.29 is 102 Å². The molecule has 0 radical (unpaired) electrons. The van der Waals surface area contributed by atoms with Crippen LogP contribution in [-0.2, 0) is 66.7 Å². The molecule has 0 aromatic heterocycles. The fraction of sp³-hybridized carbons (Fsp3) is 0.694. The van der Waals surface area contributed by atoms with Crippen molar-refractivity contribution in [3.63, 3.8) is 0 Å². The minimum Gasteiger partial charge on any atom is -0.478 e. The number of nitrogens with two attached hydrogens (primary N) is 4. The molecule has 0 aromatic carbocycles. The summed E-state index contributed by atoms with van der Waals surface area (Å²) in [6.07, 6.45) is -1.07. The first-order chi connectivity index (χ1) is 39.0. The van der Waals surface area contributed by atoms with Gasteiger partial charge in [0.15, 0.2) is 24.1 Å². The van der Waals surface area contributed by atoms with E-state index in [1.54, 1.807) is 11.9 Å². The molecule has 2 aliphatic rings. The second kappa shape index (κ2) is 39.3. The number of nitrogens with zero attached hydrogens (tertiary/aromatic N) is 4. The van der Waals surface area contributed by atoms with Crippen molar-refractivity contribution in [2.75, 3.05) is 119 Å². The third-order valence-electron chi connectivity index (χ3n) is 11.8. The van der Waals surface area contributed by atoms with Gasteiger partial charge in [-0.25, -0.2) is 24.4 Å². The van der Waals surface area contributed by atoms with Crippen LogP contribution in [0.5, 0.6) is 0 Å². The number of aliphatic hydroxyl groups is 4. The first kappa shape index (κ1) is 71.0. The molecule has 33 heteroatoms. The summed E-state index contributed by atoms with van der Waals surface area (Å²) in [5, 5.41) is 71.1. The highest BCUT2D eigenvalue weighted by Crippen LogP contribution is 2.28. The third kappa shape index (κ3) is 27.1. The third-order valence-corrected chi connectivity index (χ3v) is 11.8. The Morgan fingerprint density at radius 3 is 1.39 bits per heavy atom. The van der Waals surface area contributed by atoms with Gasteiger partial charge in [0.1, 0.15) is 44.2 Å². The van der Waals surface area contributed by atoms with E-state index in [4.69, 9.17) is 67.3 Å². The number of rotatable bonds is 41. The van der Waals surface area contributed by atoms with Crippen LogP contribution in [0.4, 0.5) is 4.79 Å². The van der Waals surface area contributed by atoms with Gasteiger partial charge >= 0.3 is 18.0 Å². The topological polar surface area (TPSA) is 498 Å². The Bertz CT molecular complexity index is 2070. The number of urea groups is 1. The molecule has 464 valence electrons. The Balaban J connectivity index is 2.07. The highest BCUT2D eigenvalue weighted by molar-refractivity contribution is 5.86. The second-order valence-electron chi connectivity index (χ2n) is 18.3. The van der Waals surface area contributed by atoms with E-state index in [0.717, 1.165) is 26.0 Å². The first-order valence-corrected chi connectivity index (χ1v) is 26.1. The Hall–Kier alpha value is -7.13. The average molecular weight is 1180 g/mol. The number of carbonyl (C=O) groups is 7. The Labute approximate surface area is 474 Å². The van der Waals surface area contributed by atoms with E-state index in [2.05, 4.69) is 37.2 Å². The zero-order valence-electron chi connectivity index (χ0n) is 46.3. The number of ether oxygens (including phenoxy) is 8. The highest BCUT2D eigenvalue weighted by Gasteiger charge is 2.47. The van der Waals surface area contributed by atoms with Crippen LogP contribution in [0.25, 0.3) is 0 Å². The molecule has 33 nitrogen and oxygen atoms in total. The fourth-order valence-corrected chi connectivity index (χ4v) is 8.04. The van der Waals surface area contributed by atoms with Gasteiger partial charge in [0, 0.05) is 53.6 Å². The number of carboxylic acids is 2. The lowest BCUT2D eigenvalue weighted by Crippen LogP contribution is -2.60. The van der Waals surface area contributed by atoms with Gasteiger partial charge in [0.2, 0.25) is 35.1 Å². The molecule has 0 unspecified atom stereocenters. The van der Waals surface area contributed by atoms with Crippen molar-refractivity contribution in [1.82, 2.24) is 31.1 Å². The van der Waals surface area contributed by atoms with Crippen molar-refractivity contribution in [2.45, 2.75) is 100 Å². The van der Waals surface area contributed by atoms with Crippen LogP contribution in [0.3, 0.4) is 0 Å². The second-order valence-corrected chi connectivity index (χ2v) is 18.3. The zero-order chi connectivity index (χ0) is 61.1. The van der Waals surface area contributed by atoms with Gasteiger partial charge in [-0.15, -0.1) is 6.42 Å². The van der Waals surface area contributed by atoms with Crippen LogP contribution < -0.4 is 44.2 Å². The number of aliphatic hydroxyl groups excluding tert-OH is 4. The highest BCUT2D eigenvalue weighted by atomic mass is 16.6. The van der Waals surface area contributed by atoms with Crippen LogP contribution in [0, 0.1) is 12.3 Å². The molecule has 0 saturated heterocycles. The minimum atomic E-state index is -1.75. The van der Waals surface area contributed by atoms with Crippen LogP contribution in [0.15, 0.2) is 33.7 Å². The number of guanidine groups is 2. The monoisotopic (exact) mass is 1170 g/mol. The van der Waals surface area contributed by atoms with Gasteiger partial charge in [-0.2, -0.15) is 0 Å². The SMILES string of the molecule is C#CCOCCOCCOCCOCCN(C)C(=O)N(CCCCNC(=O)CO[C@@H]([C@@H]1OC(C(=O)O)=C[C@H](N=C(N)N)[C@H]1NC(C)=O)[C@H](O)CO)CCCCNC(=O)CO[C@@H]([C@@H]1OC(C(=O)O)=C[C@H](N=C(N)N)[C@H]1NC(C)=O)[C@H](O)CO. The van der Waals surface area contributed by atoms with E-state index in [0.29, 0.717) is 52.1 Å². The maximum atomic E-state index is 13.8. The summed E-state index contributed by atoms with van der Waals surface area (Å²) in [6, 6.07) is -5.25. The van der Waals surface area contributed by atoms with Gasteiger partial charge in [0.05, 0.1) is 83.6 Å². The maximum absolute atomic E-state index is 13.8. The number of hydrogen-bond acceptors (Lipinski definition) is 21. The molecule has 6 amide bonds. The van der Waals surface area contributed by atoms with E-state index >= 15 is 0 Å². The smallest absolute Gasteiger partial charge is 0.370 e. The lowest BCUT2D eigenvalue weighted by molar-refractivity contribution is -0.158. The van der Waals surface area contributed by atoms with Gasteiger partial charge in [0.25, 0.3) is 0 Å². The van der Waals surface area contributed by atoms with Crippen molar-refractivity contribution in [1.29, 1.82) is 0 Å². The van der Waals surface area contributed by atoms with Crippen LogP contribution in [-0.4, -0.2) is 274 Å². The summed E-state index contributed by atoms with van der Waals surface area (Å²) in [4.78, 5) is 99.2. The van der Waals surface area contributed by atoms with Gasteiger partial charge in [-0.3, -0.25) is 19.2 Å². The van der Waals surface area contributed by atoms with E-state index in [-0.39, 0.29) is 65.2 Å². The molecular weight excluding hydrogens is 1090 g/mol. The molecule has 2 aliphatic heterocycles. The largest absolute Gasteiger partial charge is 0.478 e. The summed E-state index contributed by atoms with van der Waals surface area (Å²) in [7, 11) is 1.59. The molecule has 0 aromatic rings. The van der Waals surface area contributed by atoms with E-state index in [9.17, 15) is 64.2 Å². The van der Waals surface area contributed by atoms with Crippen LogP contribution in [0.2, 0.25) is 0 Å². The molecule has 82 heavy (non-hydrogen) atoms. The summed E-state index contributed by atoms with van der Waals surface area (Å²) in [5.74, 6) is -5.54. The number of carbonyl (C=O) groups excluding carboxylic acids is 5. The van der Waals surface area contributed by atoms with E-state index in [1.807, 2.05) is 0 Å². The summed E-state index contributed by atoms with van der Waals surface area (Å²) >= 11 is 0. The lowest BCUT2D eigenvalue weighted by Gasteiger charge is -2.40. The number of amides is 6. The average Bonchev–Trinajstić information content (AvgIpc) is 3.63. The summed E-state index contributed by atoms with van der Waals surface area (Å²) in [5.41, 5.74) is 22.2. The van der Waals surface area contributed by atoms with Gasteiger partial charge in [-0.05, 0) is 37.8 Å². The molecule has 10 atom stereocenters. The Morgan fingerprint density at radius 2 is 1.04 bits per heavy atom. The predicted molar refractivity (Wildman–Crippen MR) is 287 cm³/mol. The van der Waals surface area contributed by atoms with Gasteiger partial charge in [-0.1, -0.05) is 5.92 Å². The quantitative estimate of drug-likeness (QED) is 0.0117. The molecule has 0 aliphatic carbocycles. The number of carboxylic acid groups (broad SMARTS) is 2. The molecule has 0 fully saturated rings. The number of hydrogen-bond donors (Lipinski definition) is 14. The minimum absolute atomic E-state index is 0.0858. The number of terminal acetylenes is 1. The normalized spacial score (nSPS) is 19.8. The Morgan fingerprint density at radius 1 is 0.646 bits per heavy atom. The van der Waals surface area contributed by atoms with Crippen LogP contribution >= 0.6 is 0 Å². The number of nitrogens with one attached hydrogen (secondary N) is 4. The van der Waals surface area contributed by atoms with Crippen molar-refractivity contribution in [3.05, 3.63) is 23.7 Å². The number of aliphatic imine (C=N–C) groups is 2. The number of likely N-dealkylation sites (N-methyl/N-ethyl adjacent to an activating group) is 1. The van der Waals surface area contributed by atoms with Gasteiger partial charge < -0.3 is 123 Å². The summed E-state index contributed by atoms with van der Waals surface area (Å²) < 4.78 is 44.3. The summed E-state index contributed by atoms with van der Waals surface area (Å²) in [6.45, 7) is 2.17. The molecule has 0 saturated carbocycles. The zero-order valence-corrected chi connectivity index (χ0v) is 46.3. The number of unbranched alkanes of at least 4 members (excludes halogenated alkanes) is 2. The van der Waals surface area contributed by atoms with Crippen molar-refractivity contribution >= 4 is 53.5 Å². The number of aliphatic carboxylic acids is 2. The van der Waals surface area contributed by atoms with Crippen molar-refractivity contribution in [3.8, 4) is 12.3 Å².